The number of amides is 1. The summed E-state index contributed by atoms with van der Waals surface area (Å²) in [4.78, 5) is 33.4. The fourth-order valence-electron chi connectivity index (χ4n) is 3.76. The van der Waals surface area contributed by atoms with Crippen molar-refractivity contribution in [1.82, 2.24) is 14.3 Å². The Morgan fingerprint density at radius 2 is 1.97 bits per heavy atom. The van der Waals surface area contributed by atoms with Gasteiger partial charge < -0.3 is 15.2 Å². The summed E-state index contributed by atoms with van der Waals surface area (Å²) in [6.45, 7) is 4.68. The third-order valence-corrected chi connectivity index (χ3v) is 6.88. The van der Waals surface area contributed by atoms with E-state index >= 15 is 0 Å². The fourth-order valence-corrected chi connectivity index (χ4v) is 5.16. The van der Waals surface area contributed by atoms with Crippen LogP contribution in [0.5, 0.6) is 0 Å². The van der Waals surface area contributed by atoms with Gasteiger partial charge in [-0.2, -0.15) is 0 Å². The van der Waals surface area contributed by atoms with Gasteiger partial charge in [-0.15, -0.1) is 0 Å². The second-order valence-corrected chi connectivity index (χ2v) is 9.69. The zero-order valence-electron chi connectivity index (χ0n) is 19.4. The minimum atomic E-state index is -0.293. The molecule has 0 spiro atoms. The first-order chi connectivity index (χ1) is 16.9. The van der Waals surface area contributed by atoms with E-state index in [1.807, 2.05) is 50.2 Å². The van der Waals surface area contributed by atoms with E-state index in [2.05, 4.69) is 10.3 Å². The quantitative estimate of drug-likeness (QED) is 0.257. The molecule has 4 rings (SSSR count). The van der Waals surface area contributed by atoms with Gasteiger partial charge in [0.2, 0.25) is 0 Å². The van der Waals surface area contributed by atoms with Crippen molar-refractivity contribution in [2.45, 2.75) is 19.9 Å². The summed E-state index contributed by atoms with van der Waals surface area (Å²) in [5.74, 6) is 0.107. The molecule has 2 N–H and O–H groups in total. The van der Waals surface area contributed by atoms with Crippen LogP contribution in [0.2, 0.25) is 0 Å². The molecule has 3 aromatic rings. The first-order valence-electron chi connectivity index (χ1n) is 11.2. The standard InChI is InChI=1S/C25H26N4O4S2/c1-16-8-9-21-27-22(26-10-12-33-13-11-30)19(23(31)28(21)15-16)14-20-24(32)29(25(34)35-20)17(2)18-6-4-3-5-7-18/h3-9,14-15,17,26,30H,10-13H2,1-2H3/b20-14-. The molecule has 1 saturated heterocycles. The molecule has 182 valence electrons. The number of aliphatic hydroxyl groups excluding tert-OH is 1. The molecular formula is C25H26N4O4S2. The van der Waals surface area contributed by atoms with E-state index in [1.165, 1.54) is 16.2 Å². The maximum atomic E-state index is 13.5. The van der Waals surface area contributed by atoms with Crippen LogP contribution in [0, 0.1) is 6.92 Å². The number of carbonyl (C=O) groups excluding carboxylic acids is 1. The molecule has 0 aliphatic carbocycles. The van der Waals surface area contributed by atoms with Gasteiger partial charge in [-0.05, 0) is 37.1 Å². The van der Waals surface area contributed by atoms with Crippen molar-refractivity contribution >= 4 is 51.7 Å². The van der Waals surface area contributed by atoms with Crippen LogP contribution in [0.4, 0.5) is 5.82 Å². The number of thioether (sulfide) groups is 1. The van der Waals surface area contributed by atoms with Gasteiger partial charge in [-0.1, -0.05) is 60.4 Å². The average Bonchev–Trinajstić information content (AvgIpc) is 3.14. The van der Waals surface area contributed by atoms with Crippen LogP contribution in [0.15, 0.2) is 58.4 Å². The minimum Gasteiger partial charge on any atom is -0.394 e. The van der Waals surface area contributed by atoms with E-state index in [1.54, 1.807) is 23.2 Å². The van der Waals surface area contributed by atoms with Crippen LogP contribution in [0.3, 0.4) is 0 Å². The van der Waals surface area contributed by atoms with Crippen molar-refractivity contribution in [2.75, 3.05) is 31.7 Å². The minimum absolute atomic E-state index is 0.0661. The number of ether oxygens (including phenoxy) is 1. The Balaban J connectivity index is 1.70. The van der Waals surface area contributed by atoms with Crippen LogP contribution >= 0.6 is 24.0 Å². The topological polar surface area (TPSA) is 96.2 Å². The van der Waals surface area contributed by atoms with Crippen LogP contribution in [0.1, 0.15) is 29.7 Å². The molecular weight excluding hydrogens is 484 g/mol. The Labute approximate surface area is 212 Å². The van der Waals surface area contributed by atoms with E-state index in [0.29, 0.717) is 33.8 Å². The number of benzene rings is 1. The number of hydrogen-bond donors (Lipinski definition) is 2. The summed E-state index contributed by atoms with van der Waals surface area (Å²) in [6.07, 6.45) is 3.29. The zero-order chi connectivity index (χ0) is 24.9. The Bertz CT molecular complexity index is 1340. The molecule has 1 aromatic carbocycles. The largest absolute Gasteiger partial charge is 0.394 e. The molecule has 8 nitrogen and oxygen atoms in total. The van der Waals surface area contributed by atoms with Gasteiger partial charge in [0.05, 0.1) is 36.3 Å². The first kappa shape index (κ1) is 25.1. The molecule has 35 heavy (non-hydrogen) atoms. The average molecular weight is 511 g/mol. The maximum Gasteiger partial charge on any atom is 0.267 e. The van der Waals surface area contributed by atoms with Gasteiger partial charge in [0.1, 0.15) is 15.8 Å². The lowest BCUT2D eigenvalue weighted by Crippen LogP contribution is -2.31. The monoisotopic (exact) mass is 510 g/mol. The highest BCUT2D eigenvalue weighted by Gasteiger charge is 2.36. The maximum absolute atomic E-state index is 13.5. The molecule has 0 radical (unpaired) electrons. The number of carbonyl (C=O) groups is 1. The van der Waals surface area contributed by atoms with E-state index in [-0.39, 0.29) is 36.3 Å². The van der Waals surface area contributed by atoms with Gasteiger partial charge in [0, 0.05) is 12.7 Å². The van der Waals surface area contributed by atoms with Crippen LogP contribution < -0.4 is 10.9 Å². The molecule has 0 saturated carbocycles. The lowest BCUT2D eigenvalue weighted by molar-refractivity contribution is -0.123. The number of thiocarbonyl (C=S) groups is 1. The third kappa shape index (κ3) is 5.46. The Hall–Kier alpha value is -3.05. The number of pyridine rings is 1. The summed E-state index contributed by atoms with van der Waals surface area (Å²) in [5.41, 5.74) is 2.34. The number of rotatable bonds is 9. The predicted octanol–water partition coefficient (Wildman–Crippen LogP) is 3.39. The van der Waals surface area contributed by atoms with Crippen molar-refractivity contribution < 1.29 is 14.6 Å². The van der Waals surface area contributed by atoms with Crippen molar-refractivity contribution in [3.8, 4) is 0 Å². The number of aryl methyl sites for hydroxylation is 1. The van der Waals surface area contributed by atoms with Crippen LogP contribution in [0.25, 0.3) is 11.7 Å². The van der Waals surface area contributed by atoms with Gasteiger partial charge in [0.15, 0.2) is 0 Å². The second-order valence-electron chi connectivity index (χ2n) is 8.02. The lowest BCUT2D eigenvalue weighted by Gasteiger charge is -2.23. The van der Waals surface area contributed by atoms with Gasteiger partial charge in [-0.25, -0.2) is 4.98 Å². The SMILES string of the molecule is Cc1ccc2nc(NCCOCCO)c(/C=C3\SC(=S)N(C(C)c4ccccc4)C3=O)c(=O)n2c1. The molecule has 3 heterocycles. The number of nitrogens with zero attached hydrogens (tertiary/aromatic N) is 3. The van der Waals surface area contributed by atoms with E-state index in [4.69, 9.17) is 22.1 Å². The summed E-state index contributed by atoms with van der Waals surface area (Å²) in [5, 5.41) is 12.0. The van der Waals surface area contributed by atoms with E-state index in [9.17, 15) is 9.59 Å². The molecule has 1 amide bonds. The zero-order valence-corrected chi connectivity index (χ0v) is 21.1. The van der Waals surface area contributed by atoms with Gasteiger partial charge in [0.25, 0.3) is 11.5 Å². The molecule has 1 fully saturated rings. The highest BCUT2D eigenvalue weighted by molar-refractivity contribution is 8.26. The summed E-state index contributed by atoms with van der Waals surface area (Å²) in [6, 6.07) is 13.1. The highest BCUT2D eigenvalue weighted by Crippen LogP contribution is 2.38. The number of fused-ring (bicyclic) bond motifs is 1. The Kier molecular flexibility index (Phi) is 7.97. The van der Waals surface area contributed by atoms with Crippen LogP contribution in [-0.4, -0.2) is 56.0 Å². The highest BCUT2D eigenvalue weighted by atomic mass is 32.2. The Morgan fingerprint density at radius 3 is 2.71 bits per heavy atom. The van der Waals surface area contributed by atoms with Crippen molar-refractivity contribution in [3.05, 3.63) is 80.6 Å². The second kappa shape index (κ2) is 11.1. The number of aromatic nitrogens is 2. The molecule has 2 aromatic heterocycles. The smallest absolute Gasteiger partial charge is 0.267 e. The summed E-state index contributed by atoms with van der Waals surface area (Å²) >= 11 is 6.71. The van der Waals surface area contributed by atoms with Crippen molar-refractivity contribution in [2.24, 2.45) is 0 Å². The predicted molar refractivity (Wildman–Crippen MR) is 142 cm³/mol. The van der Waals surface area contributed by atoms with Crippen molar-refractivity contribution in [3.63, 3.8) is 0 Å². The number of hydrogen-bond acceptors (Lipinski definition) is 8. The molecule has 10 heteroatoms. The van der Waals surface area contributed by atoms with Crippen LogP contribution in [-0.2, 0) is 9.53 Å². The normalized spacial score (nSPS) is 15.9. The first-order valence-corrected chi connectivity index (χ1v) is 12.4. The Morgan fingerprint density at radius 1 is 1.20 bits per heavy atom. The van der Waals surface area contributed by atoms with Gasteiger partial charge >= 0.3 is 0 Å². The summed E-state index contributed by atoms with van der Waals surface area (Å²) in [7, 11) is 0. The number of aliphatic hydroxyl groups is 1. The lowest BCUT2D eigenvalue weighted by atomic mass is 10.1. The van der Waals surface area contributed by atoms with E-state index in [0.717, 1.165) is 11.1 Å². The summed E-state index contributed by atoms with van der Waals surface area (Å²) < 4.78 is 7.22. The van der Waals surface area contributed by atoms with Crippen molar-refractivity contribution in [1.29, 1.82) is 0 Å². The fraction of sp³-hybridized carbons (Fsp3) is 0.280. The third-order valence-electron chi connectivity index (χ3n) is 5.55. The molecule has 1 aliphatic rings. The molecule has 1 atom stereocenters. The molecule has 1 unspecified atom stereocenters. The van der Waals surface area contributed by atoms with E-state index < -0.39 is 0 Å². The molecule has 0 bridgehead atoms. The van der Waals surface area contributed by atoms with Gasteiger partial charge in [-0.3, -0.25) is 18.9 Å². The number of anilines is 1. The molecule has 1 aliphatic heterocycles. The number of nitrogens with one attached hydrogen (secondary N) is 1.